The van der Waals surface area contributed by atoms with Crippen LogP contribution in [0.5, 0.6) is 5.75 Å². The van der Waals surface area contributed by atoms with E-state index in [9.17, 15) is 0 Å². The molecular formula is C20H32N2O. The Hall–Kier alpha value is -1.06. The molecule has 2 atom stereocenters. The van der Waals surface area contributed by atoms with Gasteiger partial charge in [-0.25, -0.2) is 0 Å². The van der Waals surface area contributed by atoms with Gasteiger partial charge in [0.2, 0.25) is 0 Å². The van der Waals surface area contributed by atoms with Crippen molar-refractivity contribution in [3.05, 3.63) is 29.3 Å². The summed E-state index contributed by atoms with van der Waals surface area (Å²) in [7, 11) is 1.78. The molecule has 0 radical (unpaired) electrons. The lowest BCUT2D eigenvalue weighted by Gasteiger charge is -2.48. The predicted molar refractivity (Wildman–Crippen MR) is 96.1 cm³/mol. The molecule has 2 bridgehead atoms. The molecule has 3 aliphatic rings. The lowest BCUT2D eigenvalue weighted by atomic mass is 9.69. The van der Waals surface area contributed by atoms with Crippen molar-refractivity contribution in [1.29, 1.82) is 0 Å². The van der Waals surface area contributed by atoms with E-state index in [0.717, 1.165) is 11.7 Å². The van der Waals surface area contributed by atoms with Gasteiger partial charge >= 0.3 is 0 Å². The Morgan fingerprint density at radius 1 is 1.26 bits per heavy atom. The highest BCUT2D eigenvalue weighted by atomic mass is 16.5. The molecule has 3 heteroatoms. The van der Waals surface area contributed by atoms with E-state index in [1.807, 2.05) is 0 Å². The van der Waals surface area contributed by atoms with Crippen molar-refractivity contribution in [3.63, 3.8) is 0 Å². The minimum Gasteiger partial charge on any atom is -0.496 e. The molecule has 1 aromatic rings. The SMILES string of the molecule is COc1ccc(C(C)(C)C)cc1C(CN)C1CN2CCC1CC2. The summed E-state index contributed by atoms with van der Waals surface area (Å²) in [5.74, 6) is 2.91. The van der Waals surface area contributed by atoms with Crippen molar-refractivity contribution in [2.24, 2.45) is 17.6 Å². The van der Waals surface area contributed by atoms with Gasteiger partial charge in [0.25, 0.3) is 0 Å². The van der Waals surface area contributed by atoms with Crippen LogP contribution in [0.1, 0.15) is 50.7 Å². The quantitative estimate of drug-likeness (QED) is 0.925. The summed E-state index contributed by atoms with van der Waals surface area (Å²) in [5, 5.41) is 0. The molecular weight excluding hydrogens is 284 g/mol. The average molecular weight is 316 g/mol. The van der Waals surface area contributed by atoms with Gasteiger partial charge in [-0.05, 0) is 66.9 Å². The second-order valence-corrected chi connectivity index (χ2v) is 8.35. The van der Waals surface area contributed by atoms with Crippen molar-refractivity contribution >= 4 is 0 Å². The fourth-order valence-corrected chi connectivity index (χ4v) is 4.49. The summed E-state index contributed by atoms with van der Waals surface area (Å²) < 4.78 is 5.70. The minimum atomic E-state index is 0.148. The number of ether oxygens (including phenoxy) is 1. The lowest BCUT2D eigenvalue weighted by Crippen LogP contribution is -2.50. The van der Waals surface area contributed by atoms with E-state index >= 15 is 0 Å². The van der Waals surface area contributed by atoms with Crippen molar-refractivity contribution in [1.82, 2.24) is 4.90 Å². The first-order valence-corrected chi connectivity index (χ1v) is 9.05. The zero-order valence-electron chi connectivity index (χ0n) is 15.1. The van der Waals surface area contributed by atoms with Crippen LogP contribution in [0.15, 0.2) is 18.2 Å². The molecule has 3 nitrogen and oxygen atoms in total. The van der Waals surface area contributed by atoms with Crippen LogP contribution in [0.4, 0.5) is 0 Å². The Bertz CT molecular complexity index is 541. The third-order valence-corrected chi connectivity index (χ3v) is 5.97. The summed E-state index contributed by atoms with van der Waals surface area (Å²) in [5.41, 5.74) is 9.11. The molecule has 0 spiro atoms. The zero-order valence-corrected chi connectivity index (χ0v) is 15.1. The molecule has 2 N–H and O–H groups in total. The first kappa shape index (κ1) is 16.8. The monoisotopic (exact) mass is 316 g/mol. The molecule has 1 aromatic carbocycles. The Labute approximate surface area is 141 Å². The Kier molecular flexibility index (Phi) is 4.70. The molecule has 3 saturated heterocycles. The van der Waals surface area contributed by atoms with Crippen LogP contribution in [0.2, 0.25) is 0 Å². The normalized spacial score (nSPS) is 28.7. The maximum absolute atomic E-state index is 6.28. The highest BCUT2D eigenvalue weighted by Crippen LogP contribution is 2.43. The summed E-state index contributed by atoms with van der Waals surface area (Å²) >= 11 is 0. The van der Waals surface area contributed by atoms with E-state index < -0.39 is 0 Å². The highest BCUT2D eigenvalue weighted by Gasteiger charge is 2.39. The van der Waals surface area contributed by atoms with E-state index in [4.69, 9.17) is 10.5 Å². The fourth-order valence-electron chi connectivity index (χ4n) is 4.49. The van der Waals surface area contributed by atoms with E-state index in [1.54, 1.807) is 7.11 Å². The first-order valence-electron chi connectivity index (χ1n) is 9.05. The summed E-state index contributed by atoms with van der Waals surface area (Å²) in [6, 6.07) is 6.69. The van der Waals surface area contributed by atoms with Gasteiger partial charge in [-0.2, -0.15) is 0 Å². The number of piperidine rings is 3. The third kappa shape index (κ3) is 3.27. The van der Waals surface area contributed by atoms with Crippen molar-refractivity contribution < 1.29 is 4.74 Å². The molecule has 0 aliphatic carbocycles. The molecule has 0 saturated carbocycles. The standard InChI is InChI=1S/C20H32N2O/c1-20(2,3)15-5-6-19(23-4)16(11-15)17(12-21)18-13-22-9-7-14(18)8-10-22/h5-6,11,14,17-18H,7-10,12-13,21H2,1-4H3. The van der Waals surface area contributed by atoms with Crippen LogP contribution in [0.25, 0.3) is 0 Å². The summed E-state index contributed by atoms with van der Waals surface area (Å²) in [6.07, 6.45) is 2.67. The van der Waals surface area contributed by atoms with Gasteiger partial charge in [-0.3, -0.25) is 0 Å². The third-order valence-electron chi connectivity index (χ3n) is 5.97. The van der Waals surface area contributed by atoms with Gasteiger partial charge in [0, 0.05) is 12.5 Å². The van der Waals surface area contributed by atoms with Crippen LogP contribution in [-0.4, -0.2) is 38.2 Å². The van der Waals surface area contributed by atoms with Crippen LogP contribution in [0, 0.1) is 11.8 Å². The van der Waals surface area contributed by atoms with Crippen LogP contribution in [-0.2, 0) is 5.41 Å². The van der Waals surface area contributed by atoms with Gasteiger partial charge in [0.05, 0.1) is 7.11 Å². The topological polar surface area (TPSA) is 38.5 Å². The number of fused-ring (bicyclic) bond motifs is 3. The summed E-state index contributed by atoms with van der Waals surface area (Å²) in [6.45, 7) is 11.3. The molecule has 128 valence electrons. The number of nitrogens with two attached hydrogens (primary N) is 1. The highest BCUT2D eigenvalue weighted by molar-refractivity contribution is 5.42. The van der Waals surface area contributed by atoms with E-state index in [0.29, 0.717) is 18.4 Å². The average Bonchev–Trinajstić information content (AvgIpc) is 2.56. The smallest absolute Gasteiger partial charge is 0.122 e. The number of rotatable bonds is 4. The van der Waals surface area contributed by atoms with Crippen molar-refractivity contribution in [2.45, 2.75) is 44.9 Å². The fraction of sp³-hybridized carbons (Fsp3) is 0.700. The molecule has 3 aliphatic heterocycles. The number of methoxy groups -OCH3 is 1. The van der Waals surface area contributed by atoms with E-state index in [2.05, 4.69) is 43.9 Å². The number of benzene rings is 1. The first-order chi connectivity index (χ1) is 10.9. The zero-order chi connectivity index (χ0) is 16.6. The van der Waals surface area contributed by atoms with Crippen molar-refractivity contribution in [2.75, 3.05) is 33.3 Å². The van der Waals surface area contributed by atoms with Gasteiger partial charge in [-0.15, -0.1) is 0 Å². The second-order valence-electron chi connectivity index (χ2n) is 8.35. The maximum atomic E-state index is 6.28. The number of hydrogen-bond donors (Lipinski definition) is 1. The molecule has 0 aromatic heterocycles. The van der Waals surface area contributed by atoms with Gasteiger partial charge < -0.3 is 15.4 Å². The molecule has 3 heterocycles. The molecule has 4 rings (SSSR count). The van der Waals surface area contributed by atoms with Crippen LogP contribution < -0.4 is 10.5 Å². The molecule has 0 amide bonds. The van der Waals surface area contributed by atoms with Gasteiger partial charge in [0.15, 0.2) is 0 Å². The molecule has 23 heavy (non-hydrogen) atoms. The molecule has 3 fully saturated rings. The number of nitrogens with zero attached hydrogens (tertiary/aromatic N) is 1. The van der Waals surface area contributed by atoms with Gasteiger partial charge in [0.1, 0.15) is 5.75 Å². The molecule has 2 unspecified atom stereocenters. The maximum Gasteiger partial charge on any atom is 0.122 e. The second kappa shape index (κ2) is 6.45. The minimum absolute atomic E-state index is 0.148. The Balaban J connectivity index is 1.96. The lowest BCUT2D eigenvalue weighted by molar-refractivity contribution is 0.0375. The largest absolute Gasteiger partial charge is 0.496 e. The predicted octanol–water partition coefficient (Wildman–Crippen LogP) is 3.38. The van der Waals surface area contributed by atoms with Crippen molar-refractivity contribution in [3.8, 4) is 5.75 Å². The van der Waals surface area contributed by atoms with E-state index in [1.165, 1.54) is 43.6 Å². The van der Waals surface area contributed by atoms with Crippen LogP contribution in [0.3, 0.4) is 0 Å². The Morgan fingerprint density at radius 3 is 2.43 bits per heavy atom. The number of hydrogen-bond acceptors (Lipinski definition) is 3. The van der Waals surface area contributed by atoms with Gasteiger partial charge in [-0.1, -0.05) is 32.9 Å². The van der Waals surface area contributed by atoms with Crippen LogP contribution >= 0.6 is 0 Å². The van der Waals surface area contributed by atoms with E-state index in [-0.39, 0.29) is 5.41 Å². The summed E-state index contributed by atoms with van der Waals surface area (Å²) in [4.78, 5) is 2.62. The Morgan fingerprint density at radius 2 is 1.96 bits per heavy atom.